The van der Waals surface area contributed by atoms with E-state index in [0.29, 0.717) is 12.5 Å². The van der Waals surface area contributed by atoms with Crippen molar-refractivity contribution in [3.05, 3.63) is 47.5 Å². The third-order valence-electron chi connectivity index (χ3n) is 4.28. The second-order valence-corrected chi connectivity index (χ2v) is 8.08. The summed E-state index contributed by atoms with van der Waals surface area (Å²) in [4.78, 5) is 2.40. The summed E-state index contributed by atoms with van der Waals surface area (Å²) in [5.74, 6) is 0.387. The van der Waals surface area contributed by atoms with Crippen molar-refractivity contribution in [1.29, 1.82) is 0 Å². The molecule has 1 N–H and O–H groups in total. The molecule has 1 fully saturated rings. The average molecular weight is 322 g/mol. The SMILES string of the molecule is C=CCS(=O)(=O)NC[C@H]1CCN(Cc2ccc(C)c(C)c2)C1. The Kier molecular flexibility index (Phi) is 5.78. The molecule has 5 heteroatoms. The molecule has 122 valence electrons. The van der Waals surface area contributed by atoms with Crippen LogP contribution in [0.5, 0.6) is 0 Å². The zero-order valence-electron chi connectivity index (χ0n) is 13.5. The summed E-state index contributed by atoms with van der Waals surface area (Å²) < 4.78 is 25.9. The molecule has 1 aliphatic rings. The van der Waals surface area contributed by atoms with Crippen molar-refractivity contribution in [3.8, 4) is 0 Å². The molecule has 4 nitrogen and oxygen atoms in total. The van der Waals surface area contributed by atoms with Gasteiger partial charge < -0.3 is 0 Å². The number of rotatable bonds is 7. The van der Waals surface area contributed by atoms with Crippen LogP contribution in [0, 0.1) is 19.8 Å². The lowest BCUT2D eigenvalue weighted by Crippen LogP contribution is -2.32. The maximum atomic E-state index is 11.6. The molecular formula is C17H26N2O2S. The van der Waals surface area contributed by atoms with Gasteiger partial charge in [-0.05, 0) is 49.4 Å². The maximum absolute atomic E-state index is 11.6. The van der Waals surface area contributed by atoms with Crippen molar-refractivity contribution in [2.75, 3.05) is 25.4 Å². The fraction of sp³-hybridized carbons (Fsp3) is 0.529. The quantitative estimate of drug-likeness (QED) is 0.783. The van der Waals surface area contributed by atoms with Crippen LogP contribution in [0.2, 0.25) is 0 Å². The molecule has 0 spiro atoms. The number of hydrogen-bond donors (Lipinski definition) is 1. The van der Waals surface area contributed by atoms with Crippen LogP contribution in [0.25, 0.3) is 0 Å². The molecule has 1 aromatic rings. The van der Waals surface area contributed by atoms with Gasteiger partial charge in [-0.25, -0.2) is 13.1 Å². The van der Waals surface area contributed by atoms with E-state index in [1.165, 1.54) is 22.8 Å². The van der Waals surface area contributed by atoms with Crippen LogP contribution in [0.15, 0.2) is 30.9 Å². The van der Waals surface area contributed by atoms with Gasteiger partial charge in [-0.3, -0.25) is 4.90 Å². The lowest BCUT2D eigenvalue weighted by Gasteiger charge is -2.17. The Morgan fingerprint density at radius 3 is 2.82 bits per heavy atom. The van der Waals surface area contributed by atoms with Crippen LogP contribution in [0.1, 0.15) is 23.1 Å². The summed E-state index contributed by atoms with van der Waals surface area (Å²) in [6, 6.07) is 6.60. The van der Waals surface area contributed by atoms with Crippen molar-refractivity contribution in [2.24, 2.45) is 5.92 Å². The first-order valence-electron chi connectivity index (χ1n) is 7.76. The molecule has 1 saturated heterocycles. The van der Waals surface area contributed by atoms with Gasteiger partial charge in [0.2, 0.25) is 10.0 Å². The zero-order chi connectivity index (χ0) is 16.2. The Morgan fingerprint density at radius 1 is 1.36 bits per heavy atom. The molecule has 0 amide bonds. The fourth-order valence-corrected chi connectivity index (χ4v) is 3.76. The predicted molar refractivity (Wildman–Crippen MR) is 91.3 cm³/mol. The van der Waals surface area contributed by atoms with E-state index in [-0.39, 0.29) is 5.75 Å². The summed E-state index contributed by atoms with van der Waals surface area (Å²) in [6.45, 7) is 11.2. The number of aryl methyl sites for hydroxylation is 2. The van der Waals surface area contributed by atoms with E-state index < -0.39 is 10.0 Å². The molecule has 0 aliphatic carbocycles. The highest BCUT2D eigenvalue weighted by molar-refractivity contribution is 7.89. The lowest BCUT2D eigenvalue weighted by molar-refractivity contribution is 0.316. The summed E-state index contributed by atoms with van der Waals surface area (Å²) >= 11 is 0. The summed E-state index contributed by atoms with van der Waals surface area (Å²) in [5, 5.41) is 0. The first-order chi connectivity index (χ1) is 10.4. The van der Waals surface area contributed by atoms with Crippen LogP contribution in [0.3, 0.4) is 0 Å². The molecule has 22 heavy (non-hydrogen) atoms. The van der Waals surface area contributed by atoms with Crippen LogP contribution >= 0.6 is 0 Å². The van der Waals surface area contributed by atoms with E-state index in [1.807, 2.05) is 0 Å². The summed E-state index contributed by atoms with van der Waals surface area (Å²) in [7, 11) is -3.19. The van der Waals surface area contributed by atoms with Gasteiger partial charge >= 0.3 is 0 Å². The standard InChI is InChI=1S/C17H26N2O2S/c1-4-9-22(20,21)18-11-17-7-8-19(13-17)12-16-6-5-14(2)15(3)10-16/h4-6,10,17-18H,1,7-9,11-13H2,2-3H3/t17-/m1/s1. The molecule has 0 radical (unpaired) electrons. The normalized spacial score (nSPS) is 19.5. The van der Waals surface area contributed by atoms with Crippen LogP contribution in [-0.2, 0) is 16.6 Å². The fourth-order valence-electron chi connectivity index (χ4n) is 2.84. The zero-order valence-corrected chi connectivity index (χ0v) is 14.3. The maximum Gasteiger partial charge on any atom is 0.215 e. The van der Waals surface area contributed by atoms with Crippen molar-refractivity contribution >= 4 is 10.0 Å². The second kappa shape index (κ2) is 7.40. The number of nitrogens with zero attached hydrogens (tertiary/aromatic N) is 1. The van der Waals surface area contributed by atoms with Crippen LogP contribution in [-0.4, -0.2) is 38.7 Å². The molecule has 0 saturated carbocycles. The van der Waals surface area contributed by atoms with Gasteiger partial charge in [0.05, 0.1) is 5.75 Å². The van der Waals surface area contributed by atoms with Gasteiger partial charge in [0.15, 0.2) is 0 Å². The minimum atomic E-state index is -3.19. The lowest BCUT2D eigenvalue weighted by atomic mass is 10.1. The molecule has 1 atom stereocenters. The molecular weight excluding hydrogens is 296 g/mol. The van der Waals surface area contributed by atoms with Gasteiger partial charge in [0, 0.05) is 19.6 Å². The topological polar surface area (TPSA) is 49.4 Å². The molecule has 1 aromatic carbocycles. The van der Waals surface area contributed by atoms with E-state index >= 15 is 0 Å². The third kappa shape index (κ3) is 4.93. The Hall–Kier alpha value is -1.17. The van der Waals surface area contributed by atoms with Crippen molar-refractivity contribution in [1.82, 2.24) is 9.62 Å². The second-order valence-electron chi connectivity index (χ2n) is 6.23. The monoisotopic (exact) mass is 322 g/mol. The number of nitrogens with one attached hydrogen (secondary N) is 1. The van der Waals surface area contributed by atoms with E-state index in [2.05, 4.69) is 48.2 Å². The third-order valence-corrected chi connectivity index (χ3v) is 5.56. The highest BCUT2D eigenvalue weighted by Crippen LogP contribution is 2.19. The van der Waals surface area contributed by atoms with E-state index in [1.54, 1.807) is 0 Å². The van der Waals surface area contributed by atoms with Crippen molar-refractivity contribution in [3.63, 3.8) is 0 Å². The van der Waals surface area contributed by atoms with E-state index in [9.17, 15) is 8.42 Å². The summed E-state index contributed by atoms with van der Waals surface area (Å²) in [6.07, 6.45) is 2.46. The van der Waals surface area contributed by atoms with Gasteiger partial charge in [0.1, 0.15) is 0 Å². The van der Waals surface area contributed by atoms with Crippen LogP contribution < -0.4 is 4.72 Å². The number of sulfonamides is 1. The average Bonchev–Trinajstić information content (AvgIpc) is 2.89. The molecule has 1 aliphatic heterocycles. The van der Waals surface area contributed by atoms with Gasteiger partial charge in [-0.1, -0.05) is 24.3 Å². The first-order valence-corrected chi connectivity index (χ1v) is 9.41. The number of likely N-dealkylation sites (tertiary alicyclic amines) is 1. The molecule has 0 unspecified atom stereocenters. The molecule has 1 heterocycles. The molecule has 0 aromatic heterocycles. The minimum Gasteiger partial charge on any atom is -0.299 e. The highest BCUT2D eigenvalue weighted by Gasteiger charge is 2.23. The van der Waals surface area contributed by atoms with Gasteiger partial charge in [-0.2, -0.15) is 0 Å². The largest absolute Gasteiger partial charge is 0.299 e. The number of hydrogen-bond acceptors (Lipinski definition) is 3. The van der Waals surface area contributed by atoms with Gasteiger partial charge in [-0.15, -0.1) is 6.58 Å². The van der Waals surface area contributed by atoms with Crippen LogP contribution in [0.4, 0.5) is 0 Å². The molecule has 2 rings (SSSR count). The first kappa shape index (κ1) is 17.2. The van der Waals surface area contributed by atoms with Crippen molar-refractivity contribution < 1.29 is 8.42 Å². The van der Waals surface area contributed by atoms with Gasteiger partial charge in [0.25, 0.3) is 0 Å². The minimum absolute atomic E-state index is 0.00786. The molecule has 0 bridgehead atoms. The van der Waals surface area contributed by atoms with E-state index in [4.69, 9.17) is 0 Å². The smallest absolute Gasteiger partial charge is 0.215 e. The Bertz CT molecular complexity index is 626. The number of benzene rings is 1. The predicted octanol–water partition coefficient (Wildman–Crippen LogP) is 2.23. The van der Waals surface area contributed by atoms with E-state index in [0.717, 1.165) is 26.1 Å². The van der Waals surface area contributed by atoms with Crippen molar-refractivity contribution in [2.45, 2.75) is 26.8 Å². The highest BCUT2D eigenvalue weighted by atomic mass is 32.2. The Morgan fingerprint density at radius 2 is 2.14 bits per heavy atom. The summed E-state index contributed by atoms with van der Waals surface area (Å²) in [5.41, 5.74) is 3.97. The Balaban J connectivity index is 1.82. The Labute approximate surface area is 134 Å².